The van der Waals surface area contributed by atoms with Crippen molar-refractivity contribution in [2.24, 2.45) is 5.92 Å². The Morgan fingerprint density at radius 1 is 1.14 bits per heavy atom. The lowest BCUT2D eigenvalue weighted by atomic mass is 9.98. The maximum atomic E-state index is 13.1. The molecule has 1 aromatic heterocycles. The van der Waals surface area contributed by atoms with Gasteiger partial charge in [0.2, 0.25) is 15.9 Å². The van der Waals surface area contributed by atoms with E-state index in [-0.39, 0.29) is 24.7 Å². The lowest BCUT2D eigenvalue weighted by Crippen LogP contribution is -2.47. The van der Waals surface area contributed by atoms with E-state index in [9.17, 15) is 22.8 Å². The molecule has 1 aromatic carbocycles. The Bertz CT molecular complexity index is 1180. The fourth-order valence-electron chi connectivity index (χ4n) is 4.18. The summed E-state index contributed by atoms with van der Waals surface area (Å²) < 4.78 is 27.4. The maximum Gasteiger partial charge on any atom is 0.325 e. The van der Waals surface area contributed by atoms with Gasteiger partial charge in [-0.1, -0.05) is 18.2 Å². The number of aromatic nitrogens is 2. The number of fused-ring (bicyclic) bond motifs is 1. The average Bonchev–Trinajstić information content (AvgIpc) is 3.10. The van der Waals surface area contributed by atoms with Crippen LogP contribution in [0.2, 0.25) is 0 Å². The number of benzene rings is 1. The monoisotopic (exact) mass is 418 g/mol. The van der Waals surface area contributed by atoms with Crippen LogP contribution in [0.25, 0.3) is 0 Å². The van der Waals surface area contributed by atoms with Crippen molar-refractivity contribution < 1.29 is 13.2 Å². The molecule has 154 valence electrons. The topological polar surface area (TPSA) is 123 Å². The molecule has 2 aromatic rings. The van der Waals surface area contributed by atoms with Gasteiger partial charge < -0.3 is 9.88 Å². The maximum absolute atomic E-state index is 13.1. The molecule has 2 N–H and O–H groups in total. The second-order valence-electron chi connectivity index (χ2n) is 7.43. The number of hydrogen-bond acceptors (Lipinski definition) is 5. The molecule has 1 amide bonds. The van der Waals surface area contributed by atoms with Crippen LogP contribution in [0.4, 0.5) is 5.69 Å². The average molecular weight is 418 g/mol. The van der Waals surface area contributed by atoms with Crippen molar-refractivity contribution in [2.45, 2.75) is 31.1 Å². The van der Waals surface area contributed by atoms with Gasteiger partial charge >= 0.3 is 5.69 Å². The van der Waals surface area contributed by atoms with E-state index in [1.54, 1.807) is 4.90 Å². The highest BCUT2D eigenvalue weighted by molar-refractivity contribution is 7.89. The second-order valence-corrected chi connectivity index (χ2v) is 9.31. The molecule has 9 nitrogen and oxygen atoms in total. The molecule has 0 radical (unpaired) electrons. The molecule has 1 unspecified atom stereocenters. The zero-order chi connectivity index (χ0) is 20.8. The Hall–Kier alpha value is -2.72. The van der Waals surface area contributed by atoms with Crippen LogP contribution in [0.5, 0.6) is 0 Å². The molecule has 10 heteroatoms. The lowest BCUT2D eigenvalue weighted by molar-refractivity contribution is -0.123. The summed E-state index contributed by atoms with van der Waals surface area (Å²) >= 11 is 0. The quantitative estimate of drug-likeness (QED) is 0.745. The number of piperidine rings is 1. The lowest BCUT2D eigenvalue weighted by Gasteiger charge is -2.33. The number of sulfonamides is 1. The second kappa shape index (κ2) is 7.27. The van der Waals surface area contributed by atoms with Gasteiger partial charge in [0, 0.05) is 31.0 Å². The standard InChI is InChI=1S/C19H22N4O5S/c1-12-16(17(24)21-19(26)20-12)29(27,28)22-9-4-6-14(11-22)18(25)23-10-8-13-5-2-3-7-15(13)23/h2-3,5,7,14H,4,6,8-11H2,1H3,(H2,20,21,24,26). The number of amides is 1. The summed E-state index contributed by atoms with van der Waals surface area (Å²) in [6.45, 7) is 2.19. The van der Waals surface area contributed by atoms with Crippen molar-refractivity contribution in [3.63, 3.8) is 0 Å². The Labute approximate surface area is 167 Å². The van der Waals surface area contributed by atoms with E-state index < -0.39 is 32.1 Å². The van der Waals surface area contributed by atoms with E-state index in [2.05, 4.69) is 4.98 Å². The van der Waals surface area contributed by atoms with Gasteiger partial charge in [0.25, 0.3) is 5.56 Å². The minimum atomic E-state index is -4.14. The molecule has 0 saturated carbocycles. The number of aryl methyl sites for hydroxylation is 1. The van der Waals surface area contributed by atoms with Gasteiger partial charge in [0.05, 0.1) is 5.92 Å². The van der Waals surface area contributed by atoms with Crippen LogP contribution in [-0.4, -0.2) is 48.2 Å². The molecule has 1 saturated heterocycles. The first kappa shape index (κ1) is 19.6. The Morgan fingerprint density at radius 2 is 1.90 bits per heavy atom. The minimum absolute atomic E-state index is 0.0117. The molecule has 0 spiro atoms. The number of hydrogen-bond donors (Lipinski definition) is 2. The first-order valence-corrected chi connectivity index (χ1v) is 11.0. The van der Waals surface area contributed by atoms with Crippen molar-refractivity contribution in [3.05, 3.63) is 56.4 Å². The van der Waals surface area contributed by atoms with Crippen molar-refractivity contribution in [1.82, 2.24) is 14.3 Å². The summed E-state index contributed by atoms with van der Waals surface area (Å²) in [4.78, 5) is 42.2. The number of rotatable bonds is 3. The fourth-order valence-corrected chi connectivity index (χ4v) is 5.91. The van der Waals surface area contributed by atoms with Gasteiger partial charge in [-0.15, -0.1) is 0 Å². The number of carbonyl (C=O) groups is 1. The highest BCUT2D eigenvalue weighted by Gasteiger charge is 2.38. The predicted molar refractivity (Wildman–Crippen MR) is 106 cm³/mol. The highest BCUT2D eigenvalue weighted by atomic mass is 32.2. The van der Waals surface area contributed by atoms with E-state index in [1.165, 1.54) is 11.2 Å². The van der Waals surface area contributed by atoms with Crippen LogP contribution in [0.15, 0.2) is 38.8 Å². The molecule has 4 rings (SSSR count). The number of carbonyl (C=O) groups excluding carboxylic acids is 1. The van der Waals surface area contributed by atoms with Gasteiger partial charge in [-0.2, -0.15) is 4.31 Å². The third-order valence-corrected chi connectivity index (χ3v) is 7.58. The summed E-state index contributed by atoms with van der Waals surface area (Å²) in [6, 6.07) is 7.71. The third-order valence-electron chi connectivity index (χ3n) is 5.56. The first-order valence-electron chi connectivity index (χ1n) is 9.51. The van der Waals surface area contributed by atoms with E-state index in [0.29, 0.717) is 19.4 Å². The van der Waals surface area contributed by atoms with Crippen LogP contribution in [0.3, 0.4) is 0 Å². The van der Waals surface area contributed by atoms with Crippen LogP contribution in [0.1, 0.15) is 24.1 Å². The molecule has 0 bridgehead atoms. The zero-order valence-corrected chi connectivity index (χ0v) is 16.8. The highest BCUT2D eigenvalue weighted by Crippen LogP contribution is 2.31. The minimum Gasteiger partial charge on any atom is -0.312 e. The Morgan fingerprint density at radius 3 is 2.66 bits per heavy atom. The van der Waals surface area contributed by atoms with E-state index in [1.807, 2.05) is 29.2 Å². The number of H-pyrrole nitrogens is 2. The van der Waals surface area contributed by atoms with Gasteiger partial charge in [0.15, 0.2) is 4.90 Å². The number of nitrogens with one attached hydrogen (secondary N) is 2. The van der Waals surface area contributed by atoms with Crippen LogP contribution in [-0.2, 0) is 21.2 Å². The summed E-state index contributed by atoms with van der Waals surface area (Å²) in [5, 5.41) is 0. The molecule has 3 heterocycles. The van der Waals surface area contributed by atoms with Gasteiger partial charge in [0.1, 0.15) is 0 Å². The fraction of sp³-hybridized carbons (Fsp3) is 0.421. The molecule has 1 atom stereocenters. The smallest absolute Gasteiger partial charge is 0.312 e. The summed E-state index contributed by atoms with van der Waals surface area (Å²) in [7, 11) is -4.14. The molecular formula is C19H22N4O5S. The Kier molecular flexibility index (Phi) is 4.91. The number of nitrogens with zero attached hydrogens (tertiary/aromatic N) is 2. The summed E-state index contributed by atoms with van der Waals surface area (Å²) in [6.07, 6.45) is 1.89. The van der Waals surface area contributed by atoms with Crippen LogP contribution >= 0.6 is 0 Å². The first-order chi connectivity index (χ1) is 13.8. The van der Waals surface area contributed by atoms with E-state index >= 15 is 0 Å². The SMILES string of the molecule is Cc1[nH]c(=O)[nH]c(=O)c1S(=O)(=O)N1CCCC(C(=O)N2CCc3ccccc32)C1. The van der Waals surface area contributed by atoms with Crippen LogP contribution < -0.4 is 16.1 Å². The van der Waals surface area contributed by atoms with Crippen molar-refractivity contribution in [2.75, 3.05) is 24.5 Å². The molecule has 29 heavy (non-hydrogen) atoms. The molecule has 0 aliphatic carbocycles. The predicted octanol–water partition coefficient (Wildman–Crippen LogP) is 0.362. The Balaban J connectivity index is 1.60. The summed E-state index contributed by atoms with van der Waals surface area (Å²) in [5.74, 6) is -0.575. The molecule has 2 aliphatic heterocycles. The van der Waals surface area contributed by atoms with Crippen molar-refractivity contribution in [1.29, 1.82) is 0 Å². The van der Waals surface area contributed by atoms with E-state index in [4.69, 9.17) is 0 Å². The third kappa shape index (κ3) is 3.42. The van der Waals surface area contributed by atoms with E-state index in [0.717, 1.165) is 17.7 Å². The van der Waals surface area contributed by atoms with Gasteiger partial charge in [-0.3, -0.25) is 14.6 Å². The number of aromatic amines is 2. The van der Waals surface area contributed by atoms with Crippen molar-refractivity contribution >= 4 is 21.6 Å². The number of anilines is 1. The zero-order valence-electron chi connectivity index (χ0n) is 16.0. The molecule has 1 fully saturated rings. The molecule has 2 aliphatic rings. The largest absolute Gasteiger partial charge is 0.325 e. The normalized spacial score (nSPS) is 19.9. The van der Waals surface area contributed by atoms with Gasteiger partial charge in [-0.25, -0.2) is 13.2 Å². The summed E-state index contributed by atoms with van der Waals surface area (Å²) in [5.41, 5.74) is 0.265. The van der Waals surface area contributed by atoms with Gasteiger partial charge in [-0.05, 0) is 37.8 Å². The van der Waals surface area contributed by atoms with Crippen molar-refractivity contribution in [3.8, 4) is 0 Å². The van der Waals surface area contributed by atoms with Crippen LogP contribution in [0, 0.1) is 12.8 Å². The molecular weight excluding hydrogens is 396 g/mol. The number of para-hydroxylation sites is 1.